The Hall–Kier alpha value is -5.20. The van der Waals surface area contributed by atoms with E-state index in [-0.39, 0.29) is 35.5 Å². The number of likely N-dealkylation sites (N-methyl/N-ethyl adjacent to an activating group) is 1. The van der Waals surface area contributed by atoms with Crippen LogP contribution in [0.1, 0.15) is 28.1 Å². The number of phenols is 1. The Morgan fingerprint density at radius 2 is 1.75 bits per heavy atom. The van der Waals surface area contributed by atoms with Crippen LogP contribution in [0.15, 0.2) is 76.1 Å². The molecule has 4 unspecified atom stereocenters. The second-order valence-corrected chi connectivity index (χ2v) is 11.5. The average Bonchev–Trinajstić information content (AvgIpc) is 3.51. The Bertz CT molecular complexity index is 1800. The maximum absolute atomic E-state index is 14.0. The van der Waals surface area contributed by atoms with Crippen molar-refractivity contribution in [3.05, 3.63) is 88.6 Å². The predicted octanol–water partition coefficient (Wildman–Crippen LogP) is 2.48. The minimum atomic E-state index is -2.70. The predicted molar refractivity (Wildman–Crippen MR) is 156 cm³/mol. The molecule has 1 saturated carbocycles. The lowest BCUT2D eigenvalue weighted by Crippen LogP contribution is -2.65. The zero-order valence-electron chi connectivity index (χ0n) is 23.7. The number of nitrogens with zero attached hydrogens (tertiary/aromatic N) is 1. The summed E-state index contributed by atoms with van der Waals surface area (Å²) in [6.07, 6.45) is 1.53. The Kier molecular flexibility index (Phi) is 6.71. The summed E-state index contributed by atoms with van der Waals surface area (Å²) in [6, 6.07) is 11.9. The number of carbonyl (C=O) groups excluding carboxylic acids is 4. The number of aromatic hydroxyl groups is 1. The first-order valence-electron chi connectivity index (χ1n) is 13.8. The fraction of sp³-hybridized carbons (Fsp3) is 0.250. The molecule has 2 amide bonds. The van der Waals surface area contributed by atoms with Crippen LogP contribution in [0, 0.1) is 11.8 Å². The number of hydrogen-bond donors (Lipinski definition) is 6. The van der Waals surface area contributed by atoms with Gasteiger partial charge in [0.25, 0.3) is 11.8 Å². The molecule has 226 valence electrons. The minimum Gasteiger partial charge on any atom is -0.508 e. The number of nitrogens with one attached hydrogen (secondary N) is 1. The number of ketones is 2. The van der Waals surface area contributed by atoms with Gasteiger partial charge in [-0.15, -0.1) is 0 Å². The highest BCUT2D eigenvalue weighted by Crippen LogP contribution is 2.53. The summed E-state index contributed by atoms with van der Waals surface area (Å²) in [7, 11) is 3.09. The fourth-order valence-corrected chi connectivity index (χ4v) is 6.85. The molecule has 0 spiro atoms. The number of benzene rings is 2. The Labute approximate surface area is 250 Å². The van der Waals surface area contributed by atoms with Crippen molar-refractivity contribution in [3.8, 4) is 16.9 Å². The number of Topliss-reactive ketones (excluding diaryl/α,β-unsaturated/α-hetero) is 2. The van der Waals surface area contributed by atoms with Gasteiger partial charge < -0.3 is 35.9 Å². The van der Waals surface area contributed by atoms with Crippen LogP contribution in [0.4, 0.5) is 5.69 Å². The van der Waals surface area contributed by atoms with Gasteiger partial charge in [-0.25, -0.2) is 0 Å². The zero-order valence-corrected chi connectivity index (χ0v) is 23.7. The number of furan rings is 1. The number of nitrogens with two attached hydrogens (primary N) is 1. The maximum Gasteiger partial charge on any atom is 0.291 e. The molecule has 12 nitrogen and oxygen atoms in total. The Balaban J connectivity index is 1.43. The number of hydrogen-bond acceptors (Lipinski definition) is 10. The number of primary amides is 1. The van der Waals surface area contributed by atoms with Crippen molar-refractivity contribution in [2.75, 3.05) is 19.4 Å². The van der Waals surface area contributed by atoms with Crippen LogP contribution in [0.5, 0.6) is 5.75 Å². The zero-order chi connectivity index (χ0) is 31.7. The minimum absolute atomic E-state index is 0.00557. The van der Waals surface area contributed by atoms with Crippen LogP contribution >= 0.6 is 0 Å². The molecule has 3 aliphatic rings. The average molecular weight is 600 g/mol. The standard InChI is InChI=1S/C32H29N3O9/c1-35(2)25-19-13-15-12-18-17(14-5-7-16(8-6-14)34-31(42)21-4-3-11-44-21)9-10-20(36)23(18)26(37)22(15)28(39)32(19,43)29(40)24(27(25)38)30(33)41/h3-11,15,19,25,36-37,40,43H,12-13H2,1-2H3,(H2,33,41)(H,34,42). The highest BCUT2D eigenvalue weighted by Gasteiger charge is 2.64. The second-order valence-electron chi connectivity index (χ2n) is 11.5. The van der Waals surface area contributed by atoms with Crippen molar-refractivity contribution in [2.45, 2.75) is 24.5 Å². The highest BCUT2D eigenvalue weighted by molar-refractivity contribution is 6.24. The molecule has 0 saturated heterocycles. The van der Waals surface area contributed by atoms with E-state index in [2.05, 4.69) is 5.32 Å². The smallest absolute Gasteiger partial charge is 0.291 e. The topological polar surface area (TPSA) is 204 Å². The van der Waals surface area contributed by atoms with Gasteiger partial charge in [-0.3, -0.25) is 24.1 Å². The van der Waals surface area contributed by atoms with Crippen molar-refractivity contribution < 1.29 is 44.0 Å². The lowest BCUT2D eigenvalue weighted by Gasteiger charge is -2.50. The molecule has 0 aliphatic heterocycles. The number of fused-ring (bicyclic) bond motifs is 3. The highest BCUT2D eigenvalue weighted by atomic mass is 16.4. The van der Waals surface area contributed by atoms with Crippen molar-refractivity contribution in [1.82, 2.24) is 4.90 Å². The van der Waals surface area contributed by atoms with E-state index in [4.69, 9.17) is 10.2 Å². The molecule has 4 atom stereocenters. The van der Waals surface area contributed by atoms with Gasteiger partial charge in [0.15, 0.2) is 17.1 Å². The summed E-state index contributed by atoms with van der Waals surface area (Å²) in [5.74, 6) is -7.32. The van der Waals surface area contributed by atoms with Crippen LogP contribution < -0.4 is 11.1 Å². The van der Waals surface area contributed by atoms with E-state index >= 15 is 0 Å². The maximum atomic E-state index is 14.0. The molecule has 1 fully saturated rings. The number of aliphatic hydroxyl groups excluding tert-OH is 2. The number of rotatable bonds is 5. The van der Waals surface area contributed by atoms with E-state index in [1.165, 1.54) is 23.3 Å². The first-order chi connectivity index (χ1) is 20.9. The van der Waals surface area contributed by atoms with Crippen molar-refractivity contribution in [1.29, 1.82) is 0 Å². The first kappa shape index (κ1) is 28.9. The number of anilines is 1. The van der Waals surface area contributed by atoms with E-state index < -0.39 is 64.0 Å². The number of amides is 2. The monoisotopic (exact) mass is 599 g/mol. The number of phenolic OH excluding ortho intramolecular Hbond substituents is 1. The van der Waals surface area contributed by atoms with Crippen LogP contribution in [-0.4, -0.2) is 74.4 Å². The number of aliphatic hydroxyl groups is 3. The van der Waals surface area contributed by atoms with Gasteiger partial charge in [-0.1, -0.05) is 18.2 Å². The molecular weight excluding hydrogens is 570 g/mol. The molecule has 12 heteroatoms. The third kappa shape index (κ3) is 4.13. The van der Waals surface area contributed by atoms with Crippen LogP contribution in [-0.2, 0) is 20.8 Å². The van der Waals surface area contributed by atoms with Gasteiger partial charge in [0.2, 0.25) is 5.78 Å². The van der Waals surface area contributed by atoms with Crippen LogP contribution in [0.2, 0.25) is 0 Å². The van der Waals surface area contributed by atoms with E-state index in [1.54, 1.807) is 50.5 Å². The molecule has 3 aromatic rings. The summed E-state index contributed by atoms with van der Waals surface area (Å²) < 4.78 is 5.12. The molecule has 2 aromatic carbocycles. The fourth-order valence-electron chi connectivity index (χ4n) is 6.85. The third-order valence-electron chi connectivity index (χ3n) is 8.80. The van der Waals surface area contributed by atoms with Crippen LogP contribution in [0.25, 0.3) is 16.9 Å². The van der Waals surface area contributed by atoms with Crippen molar-refractivity contribution >= 4 is 34.8 Å². The Morgan fingerprint density at radius 1 is 1.05 bits per heavy atom. The van der Waals surface area contributed by atoms with E-state index in [0.29, 0.717) is 22.4 Å². The summed E-state index contributed by atoms with van der Waals surface area (Å²) in [5, 5.41) is 47.8. The Morgan fingerprint density at radius 3 is 2.36 bits per heavy atom. The van der Waals surface area contributed by atoms with Gasteiger partial charge in [-0.05, 0) is 79.9 Å². The van der Waals surface area contributed by atoms with Gasteiger partial charge in [-0.2, -0.15) is 0 Å². The molecule has 7 N–H and O–H groups in total. The molecule has 0 bridgehead atoms. The lowest BCUT2D eigenvalue weighted by molar-refractivity contribution is -0.153. The van der Waals surface area contributed by atoms with Gasteiger partial charge in [0, 0.05) is 17.2 Å². The molecule has 1 heterocycles. The van der Waals surface area contributed by atoms with E-state index in [1.807, 2.05) is 0 Å². The summed E-state index contributed by atoms with van der Waals surface area (Å²) in [4.78, 5) is 53.2. The molecular formula is C32H29N3O9. The molecule has 6 rings (SSSR count). The van der Waals surface area contributed by atoms with Gasteiger partial charge in [0.1, 0.15) is 22.8 Å². The lowest BCUT2D eigenvalue weighted by atomic mass is 9.57. The van der Waals surface area contributed by atoms with Crippen molar-refractivity contribution in [2.24, 2.45) is 17.6 Å². The summed E-state index contributed by atoms with van der Waals surface area (Å²) in [6.45, 7) is 0. The quantitative estimate of drug-likeness (QED) is 0.236. The third-order valence-corrected chi connectivity index (χ3v) is 8.80. The molecule has 44 heavy (non-hydrogen) atoms. The van der Waals surface area contributed by atoms with Gasteiger partial charge >= 0.3 is 0 Å². The normalized spacial score (nSPS) is 24.6. The van der Waals surface area contributed by atoms with Crippen molar-refractivity contribution in [3.63, 3.8) is 0 Å². The SMILES string of the molecule is CN(C)C1C(=O)C(C(N)=O)=C(O)C2(O)C(=O)C3=C(O)c4c(O)ccc(-c5ccc(NC(=O)c6ccco6)cc5)c4CC3CC12. The molecule has 0 radical (unpaired) electrons. The summed E-state index contributed by atoms with van der Waals surface area (Å²) in [5.41, 5.74) is 3.95. The van der Waals surface area contributed by atoms with Crippen LogP contribution in [0.3, 0.4) is 0 Å². The van der Waals surface area contributed by atoms with E-state index in [0.717, 1.165) is 0 Å². The number of carbonyl (C=O) groups is 4. The molecule has 3 aliphatic carbocycles. The van der Waals surface area contributed by atoms with Gasteiger partial charge in [0.05, 0.1) is 17.9 Å². The second kappa shape index (κ2) is 10.2. The van der Waals surface area contributed by atoms with E-state index in [9.17, 15) is 39.6 Å². The molecule has 1 aromatic heterocycles. The largest absolute Gasteiger partial charge is 0.508 e. The first-order valence-corrected chi connectivity index (χ1v) is 13.8. The summed E-state index contributed by atoms with van der Waals surface area (Å²) >= 11 is 0.